The summed E-state index contributed by atoms with van der Waals surface area (Å²) in [7, 11) is 3.14. The van der Waals surface area contributed by atoms with E-state index >= 15 is 0 Å². The second-order valence-corrected chi connectivity index (χ2v) is 8.57. The highest BCUT2D eigenvalue weighted by Crippen LogP contribution is 2.50. The fourth-order valence-corrected chi connectivity index (χ4v) is 4.85. The molecule has 3 aromatic carbocycles. The Morgan fingerprint density at radius 1 is 0.912 bits per heavy atom. The normalized spacial score (nSPS) is 21.7. The molecule has 2 heterocycles. The van der Waals surface area contributed by atoms with Crippen molar-refractivity contribution < 1.29 is 23.9 Å². The number of amides is 2. The minimum Gasteiger partial charge on any atom is -0.497 e. The summed E-state index contributed by atoms with van der Waals surface area (Å²) in [5.74, 6) is -0.411. The summed E-state index contributed by atoms with van der Waals surface area (Å²) in [6.45, 7) is 1.78. The number of para-hydroxylation sites is 1. The third-order valence-electron chi connectivity index (χ3n) is 6.36. The second-order valence-electron chi connectivity index (χ2n) is 8.16. The number of hydrogen-bond acceptors (Lipinski definition) is 6. The zero-order chi connectivity index (χ0) is 24.0. The van der Waals surface area contributed by atoms with Gasteiger partial charge in [0, 0.05) is 10.6 Å². The Kier molecular flexibility index (Phi) is 5.67. The summed E-state index contributed by atoms with van der Waals surface area (Å²) in [6, 6.07) is 19.3. The van der Waals surface area contributed by atoms with Gasteiger partial charge in [-0.25, -0.2) is 9.96 Å². The maximum Gasteiger partial charge on any atom is 0.266 e. The molecule has 0 saturated carbocycles. The molecule has 0 bridgehead atoms. The van der Waals surface area contributed by atoms with Gasteiger partial charge in [-0.2, -0.15) is 0 Å². The second kappa shape index (κ2) is 8.66. The van der Waals surface area contributed by atoms with Crippen LogP contribution in [0.4, 0.5) is 11.4 Å². The lowest BCUT2D eigenvalue weighted by molar-refractivity contribution is -0.126. The Labute approximate surface area is 202 Å². The summed E-state index contributed by atoms with van der Waals surface area (Å²) < 4.78 is 11.1. The lowest BCUT2D eigenvalue weighted by Crippen LogP contribution is -2.37. The van der Waals surface area contributed by atoms with Crippen molar-refractivity contribution in [2.75, 3.05) is 24.2 Å². The number of halogens is 1. The van der Waals surface area contributed by atoms with Crippen molar-refractivity contribution in [3.63, 3.8) is 0 Å². The van der Waals surface area contributed by atoms with Crippen LogP contribution in [-0.4, -0.2) is 32.1 Å². The molecule has 0 aliphatic carbocycles. The maximum atomic E-state index is 13.9. The van der Waals surface area contributed by atoms with Crippen molar-refractivity contribution in [1.29, 1.82) is 0 Å². The highest BCUT2D eigenvalue weighted by molar-refractivity contribution is 6.32. The Morgan fingerprint density at radius 3 is 2.38 bits per heavy atom. The maximum absolute atomic E-state index is 13.9. The average molecular weight is 479 g/mol. The first-order valence-corrected chi connectivity index (χ1v) is 11.2. The van der Waals surface area contributed by atoms with Crippen LogP contribution in [0.1, 0.15) is 17.2 Å². The van der Waals surface area contributed by atoms with Crippen molar-refractivity contribution in [3.8, 4) is 11.5 Å². The summed E-state index contributed by atoms with van der Waals surface area (Å²) >= 11 is 6.29. The van der Waals surface area contributed by atoms with E-state index in [-0.39, 0.29) is 5.91 Å². The number of nitrogens with zero attached hydrogens (tertiary/aromatic N) is 2. The number of carbonyl (C=O) groups excluding carboxylic acids is 2. The number of anilines is 2. The van der Waals surface area contributed by atoms with Crippen LogP contribution >= 0.6 is 11.6 Å². The zero-order valence-electron chi connectivity index (χ0n) is 18.9. The SMILES string of the molecule is COc1ccc(OC)c([C@H]2[C@H]3C(=O)N(c4cccc(Cl)c4C)C(=O)[C@@H]3ON2c2ccccc2)c1. The topological polar surface area (TPSA) is 68.3 Å². The van der Waals surface area contributed by atoms with E-state index in [0.717, 1.165) is 5.69 Å². The van der Waals surface area contributed by atoms with Gasteiger partial charge in [0.2, 0.25) is 5.91 Å². The molecule has 3 atom stereocenters. The predicted molar refractivity (Wildman–Crippen MR) is 128 cm³/mol. The first kappa shape index (κ1) is 22.3. The van der Waals surface area contributed by atoms with Gasteiger partial charge in [-0.05, 0) is 55.0 Å². The zero-order valence-corrected chi connectivity index (χ0v) is 19.7. The molecule has 2 aliphatic rings. The number of rotatable bonds is 5. The van der Waals surface area contributed by atoms with Crippen molar-refractivity contribution in [2.45, 2.75) is 19.1 Å². The Morgan fingerprint density at radius 2 is 1.68 bits per heavy atom. The predicted octanol–water partition coefficient (Wildman–Crippen LogP) is 4.72. The Balaban J connectivity index is 1.65. The molecular weight excluding hydrogens is 456 g/mol. The van der Waals surface area contributed by atoms with Gasteiger partial charge >= 0.3 is 0 Å². The number of imide groups is 1. The van der Waals surface area contributed by atoms with Crippen LogP contribution < -0.4 is 19.4 Å². The fourth-order valence-electron chi connectivity index (χ4n) is 4.68. The standard InChI is InChI=1S/C26H23ClN2O5/c1-15-19(27)10-7-11-20(15)28-25(30)22-23(18-14-17(32-2)12-13-21(18)33-3)29(34-24(22)26(28)31)16-8-5-4-6-9-16/h4-14,22-24H,1-3H3/t22-,23+,24-/m1/s1. The van der Waals surface area contributed by atoms with Crippen LogP contribution in [0.5, 0.6) is 11.5 Å². The minimum absolute atomic E-state index is 0.353. The number of fused-ring (bicyclic) bond motifs is 1. The molecule has 2 aliphatic heterocycles. The minimum atomic E-state index is -0.994. The van der Waals surface area contributed by atoms with Gasteiger partial charge in [-0.3, -0.25) is 14.4 Å². The molecule has 2 amide bonds. The lowest BCUT2D eigenvalue weighted by atomic mass is 9.89. The van der Waals surface area contributed by atoms with Gasteiger partial charge in [0.25, 0.3) is 5.91 Å². The van der Waals surface area contributed by atoms with E-state index in [2.05, 4.69) is 0 Å². The third kappa shape index (κ3) is 3.40. The molecule has 0 N–H and O–H groups in total. The van der Waals surface area contributed by atoms with Crippen LogP contribution in [0.2, 0.25) is 5.02 Å². The molecule has 8 heteroatoms. The van der Waals surface area contributed by atoms with Crippen LogP contribution in [0.25, 0.3) is 0 Å². The van der Waals surface area contributed by atoms with Gasteiger partial charge < -0.3 is 9.47 Å². The molecule has 2 fully saturated rings. The van der Waals surface area contributed by atoms with Gasteiger partial charge in [0.1, 0.15) is 23.5 Å². The molecule has 3 aromatic rings. The quantitative estimate of drug-likeness (QED) is 0.494. The molecular formula is C26H23ClN2O5. The van der Waals surface area contributed by atoms with Crippen molar-refractivity contribution in [2.24, 2.45) is 5.92 Å². The van der Waals surface area contributed by atoms with Gasteiger partial charge in [0.15, 0.2) is 6.10 Å². The van der Waals surface area contributed by atoms with Crippen LogP contribution in [0, 0.1) is 12.8 Å². The number of hydrogen-bond donors (Lipinski definition) is 0. The van der Waals surface area contributed by atoms with E-state index in [1.54, 1.807) is 56.5 Å². The van der Waals surface area contributed by atoms with Gasteiger partial charge in [-0.15, -0.1) is 0 Å². The molecule has 34 heavy (non-hydrogen) atoms. The summed E-state index contributed by atoms with van der Waals surface area (Å²) in [5, 5.41) is 2.11. The van der Waals surface area contributed by atoms with Crippen LogP contribution in [-0.2, 0) is 14.4 Å². The number of carbonyl (C=O) groups is 2. The largest absolute Gasteiger partial charge is 0.497 e. The van der Waals surface area contributed by atoms with Crippen LogP contribution in [0.15, 0.2) is 66.7 Å². The fraction of sp³-hybridized carbons (Fsp3) is 0.231. The molecule has 0 spiro atoms. The van der Waals surface area contributed by atoms with E-state index in [4.69, 9.17) is 25.9 Å². The van der Waals surface area contributed by atoms with Crippen molar-refractivity contribution >= 4 is 34.8 Å². The number of ether oxygens (including phenoxy) is 2. The number of benzene rings is 3. The van der Waals surface area contributed by atoms with E-state index in [9.17, 15) is 9.59 Å². The summed E-state index contributed by atoms with van der Waals surface area (Å²) in [5.41, 5.74) is 2.52. The highest BCUT2D eigenvalue weighted by atomic mass is 35.5. The smallest absolute Gasteiger partial charge is 0.266 e. The Bertz CT molecular complexity index is 1270. The van der Waals surface area contributed by atoms with Crippen molar-refractivity contribution in [1.82, 2.24) is 0 Å². The van der Waals surface area contributed by atoms with Crippen molar-refractivity contribution in [3.05, 3.63) is 82.9 Å². The molecule has 7 nitrogen and oxygen atoms in total. The van der Waals surface area contributed by atoms with Gasteiger partial charge in [0.05, 0.1) is 25.6 Å². The van der Waals surface area contributed by atoms with Gasteiger partial charge in [-0.1, -0.05) is 35.9 Å². The third-order valence-corrected chi connectivity index (χ3v) is 6.77. The first-order chi connectivity index (χ1) is 16.5. The highest BCUT2D eigenvalue weighted by Gasteiger charge is 2.61. The van der Waals surface area contributed by atoms with E-state index in [0.29, 0.717) is 33.3 Å². The molecule has 0 radical (unpaired) electrons. The summed E-state index contributed by atoms with van der Waals surface area (Å²) in [4.78, 5) is 34.8. The molecule has 174 valence electrons. The lowest BCUT2D eigenvalue weighted by Gasteiger charge is -2.30. The molecule has 5 rings (SSSR count). The molecule has 0 aromatic heterocycles. The Hall–Kier alpha value is -3.55. The first-order valence-electron chi connectivity index (χ1n) is 10.8. The van der Waals surface area contributed by atoms with E-state index in [1.165, 1.54) is 4.90 Å². The summed E-state index contributed by atoms with van der Waals surface area (Å²) in [6.07, 6.45) is -0.994. The molecule has 0 unspecified atom stereocenters. The van der Waals surface area contributed by atoms with Crippen LogP contribution in [0.3, 0.4) is 0 Å². The van der Waals surface area contributed by atoms with E-state index < -0.39 is 24.0 Å². The average Bonchev–Trinajstić information content (AvgIpc) is 3.37. The molecule has 2 saturated heterocycles. The van der Waals surface area contributed by atoms with E-state index in [1.807, 2.05) is 36.4 Å². The number of hydroxylamine groups is 1. The monoisotopic (exact) mass is 478 g/mol. The number of methoxy groups -OCH3 is 2.